The summed E-state index contributed by atoms with van der Waals surface area (Å²) in [6.07, 6.45) is 1.54. The molecule has 1 aliphatic rings. The fraction of sp³-hybridized carbons (Fsp3) is 0.111. The Morgan fingerprint density at radius 1 is 1.29 bits per heavy atom. The summed E-state index contributed by atoms with van der Waals surface area (Å²) in [7, 11) is -4.31. The van der Waals surface area contributed by atoms with Gasteiger partial charge in [0.2, 0.25) is 0 Å². The molecule has 0 fully saturated rings. The lowest BCUT2D eigenvalue weighted by Gasteiger charge is -2.14. The van der Waals surface area contributed by atoms with Gasteiger partial charge in [0.25, 0.3) is 11.6 Å². The van der Waals surface area contributed by atoms with Crippen LogP contribution in [-0.4, -0.2) is 31.0 Å². The zero-order valence-electron chi connectivity index (χ0n) is 15.8. The molecule has 0 radical (unpaired) electrons. The van der Waals surface area contributed by atoms with Crippen molar-refractivity contribution >= 4 is 60.6 Å². The number of nitro benzene ring substituents is 1. The second kappa shape index (κ2) is 9.08. The quantitative estimate of drug-likeness (QED) is 0.247. The van der Waals surface area contributed by atoms with Gasteiger partial charge in [-0.25, -0.2) is 0 Å². The van der Waals surface area contributed by atoms with Gasteiger partial charge < -0.3 is 14.7 Å². The molecule has 2 aromatic carbocycles. The van der Waals surface area contributed by atoms with Gasteiger partial charge in [0.05, 0.1) is 20.9 Å². The molecule has 0 saturated heterocycles. The first-order valence-electron chi connectivity index (χ1n) is 8.54. The molecule has 10 nitrogen and oxygen atoms in total. The Bertz CT molecular complexity index is 1230. The fourth-order valence-corrected chi connectivity index (χ4v) is 4.77. The van der Waals surface area contributed by atoms with Crippen LogP contribution in [0.5, 0.6) is 11.5 Å². The van der Waals surface area contributed by atoms with E-state index < -0.39 is 20.9 Å². The number of nitrogens with two attached hydrogens (primary N) is 1. The van der Waals surface area contributed by atoms with Crippen LogP contribution in [0, 0.1) is 10.1 Å². The number of amidine groups is 1. The molecule has 0 atom stereocenters. The molecule has 3 rings (SSSR count). The highest BCUT2D eigenvalue weighted by atomic mass is 79.9. The Morgan fingerprint density at radius 3 is 2.52 bits per heavy atom. The van der Waals surface area contributed by atoms with Crippen LogP contribution in [0.2, 0.25) is 0 Å². The van der Waals surface area contributed by atoms with Gasteiger partial charge in [-0.05, 0) is 70.5 Å². The highest BCUT2D eigenvalue weighted by Crippen LogP contribution is 2.40. The second-order valence-electron chi connectivity index (χ2n) is 5.92. The molecule has 1 amide bonds. The first-order valence-corrected chi connectivity index (χ1v) is 11.6. The van der Waals surface area contributed by atoms with Crippen molar-refractivity contribution in [2.75, 3.05) is 6.61 Å². The molecule has 0 spiro atoms. The molecule has 31 heavy (non-hydrogen) atoms. The molecule has 13 heteroatoms. The molecule has 2 N–H and O–H groups in total. The Balaban J connectivity index is 1.96. The first kappa shape index (κ1) is 22.8. The number of carbonyl (C=O) groups is 1. The van der Waals surface area contributed by atoms with E-state index in [0.29, 0.717) is 10.5 Å². The Hall–Kier alpha value is -2.90. The minimum Gasteiger partial charge on any atom is -0.490 e. The summed E-state index contributed by atoms with van der Waals surface area (Å²) in [5, 5.41) is 10.9. The van der Waals surface area contributed by atoms with Gasteiger partial charge >= 0.3 is 10.1 Å². The minimum absolute atomic E-state index is 0.108. The Kier molecular flexibility index (Phi) is 6.67. The Morgan fingerprint density at radius 2 is 1.97 bits per heavy atom. The lowest BCUT2D eigenvalue weighted by Crippen LogP contribution is -2.11. The molecule has 162 valence electrons. The number of nitrogens with zero attached hydrogens (tertiary/aromatic N) is 2. The van der Waals surface area contributed by atoms with Crippen LogP contribution in [-0.2, 0) is 14.9 Å². The van der Waals surface area contributed by atoms with Crippen LogP contribution in [0.3, 0.4) is 0 Å². The fourth-order valence-electron chi connectivity index (χ4n) is 2.48. The summed E-state index contributed by atoms with van der Waals surface area (Å²) in [5.41, 5.74) is 5.82. The van der Waals surface area contributed by atoms with Gasteiger partial charge in [-0.15, -0.1) is 0 Å². The van der Waals surface area contributed by atoms with E-state index in [1.165, 1.54) is 12.1 Å². The number of nitro groups is 1. The molecule has 0 bridgehead atoms. The van der Waals surface area contributed by atoms with E-state index in [2.05, 4.69) is 20.9 Å². The third-order valence-electron chi connectivity index (χ3n) is 3.80. The van der Waals surface area contributed by atoms with Crippen molar-refractivity contribution in [3.05, 3.63) is 61.5 Å². The summed E-state index contributed by atoms with van der Waals surface area (Å²) >= 11 is 4.28. The monoisotopic (exact) mass is 527 g/mol. The molecule has 0 unspecified atom stereocenters. The van der Waals surface area contributed by atoms with E-state index >= 15 is 0 Å². The van der Waals surface area contributed by atoms with Gasteiger partial charge in [0.15, 0.2) is 16.7 Å². The molecular weight excluding hydrogens is 514 g/mol. The predicted octanol–water partition coefficient (Wildman–Crippen LogP) is 3.45. The van der Waals surface area contributed by atoms with Gasteiger partial charge in [0, 0.05) is 12.1 Å². The van der Waals surface area contributed by atoms with Gasteiger partial charge in [-0.2, -0.15) is 13.4 Å². The number of ether oxygens (including phenoxy) is 1. The van der Waals surface area contributed by atoms with Gasteiger partial charge in [0.1, 0.15) is 4.90 Å². The van der Waals surface area contributed by atoms with Gasteiger partial charge in [-0.3, -0.25) is 14.9 Å². The maximum absolute atomic E-state index is 12.7. The van der Waals surface area contributed by atoms with Crippen molar-refractivity contribution in [1.29, 1.82) is 0 Å². The van der Waals surface area contributed by atoms with Gasteiger partial charge in [-0.1, -0.05) is 0 Å². The van der Waals surface area contributed by atoms with E-state index in [1.54, 1.807) is 13.0 Å². The summed E-state index contributed by atoms with van der Waals surface area (Å²) in [6, 6.07) is 7.33. The van der Waals surface area contributed by atoms with Crippen LogP contribution in [0.25, 0.3) is 6.08 Å². The number of hydrogen-bond acceptors (Lipinski definition) is 9. The number of rotatable bonds is 7. The van der Waals surface area contributed by atoms with E-state index in [0.717, 1.165) is 36.0 Å². The average Bonchev–Trinajstić information content (AvgIpc) is 3.01. The number of amides is 1. The summed E-state index contributed by atoms with van der Waals surface area (Å²) < 4.78 is 36.4. The maximum atomic E-state index is 12.7. The lowest BCUT2D eigenvalue weighted by molar-refractivity contribution is -0.384. The van der Waals surface area contributed by atoms with Crippen molar-refractivity contribution in [3.8, 4) is 11.5 Å². The van der Waals surface area contributed by atoms with Crippen molar-refractivity contribution in [1.82, 2.24) is 0 Å². The molecular formula is C18H14BrN3O7S2. The predicted molar refractivity (Wildman–Crippen MR) is 118 cm³/mol. The maximum Gasteiger partial charge on any atom is 0.339 e. The standard InChI is InChI=1S/C18H14BrN3O7S2/c1-2-28-14-8-10(9-15-17(23)21-18(20)30-15)7-13(19)16(14)29-31(26,27)12-5-3-11(4-6-12)22(24)25/h3-9H,2H2,1H3,(H2,20,21,23)/b15-9-. The Labute approximate surface area is 189 Å². The molecule has 2 aromatic rings. The van der Waals surface area contributed by atoms with E-state index in [-0.39, 0.29) is 38.3 Å². The van der Waals surface area contributed by atoms with Crippen LogP contribution in [0.15, 0.2) is 55.7 Å². The van der Waals surface area contributed by atoms with Crippen LogP contribution in [0.1, 0.15) is 12.5 Å². The topological polar surface area (TPSA) is 151 Å². The highest BCUT2D eigenvalue weighted by molar-refractivity contribution is 9.10. The van der Waals surface area contributed by atoms with E-state index in [9.17, 15) is 23.3 Å². The number of non-ortho nitro benzene ring substituents is 1. The van der Waals surface area contributed by atoms with Crippen molar-refractivity contribution in [3.63, 3.8) is 0 Å². The number of halogens is 1. The third-order valence-corrected chi connectivity index (χ3v) is 6.43. The summed E-state index contributed by atoms with van der Waals surface area (Å²) in [4.78, 5) is 25.6. The van der Waals surface area contributed by atoms with Crippen molar-refractivity contribution in [2.45, 2.75) is 11.8 Å². The minimum atomic E-state index is -4.31. The van der Waals surface area contributed by atoms with Crippen LogP contribution < -0.4 is 14.7 Å². The number of thioether (sulfide) groups is 1. The van der Waals surface area contributed by atoms with Crippen LogP contribution >= 0.6 is 27.7 Å². The molecule has 0 aromatic heterocycles. The molecule has 1 heterocycles. The largest absolute Gasteiger partial charge is 0.490 e. The second-order valence-corrected chi connectivity index (χ2v) is 9.38. The molecule has 1 aliphatic heterocycles. The third kappa shape index (κ3) is 5.24. The summed E-state index contributed by atoms with van der Waals surface area (Å²) in [5.74, 6) is -0.472. The highest BCUT2D eigenvalue weighted by Gasteiger charge is 2.24. The zero-order valence-corrected chi connectivity index (χ0v) is 19.0. The van der Waals surface area contributed by atoms with E-state index in [4.69, 9.17) is 14.7 Å². The SMILES string of the molecule is CCOc1cc(/C=C2\SC(N)=NC2=O)cc(Br)c1OS(=O)(=O)c1ccc([N+](=O)[O-])cc1. The molecule has 0 aliphatic carbocycles. The average molecular weight is 528 g/mol. The number of hydrogen-bond donors (Lipinski definition) is 1. The normalized spacial score (nSPS) is 15.1. The molecule has 0 saturated carbocycles. The zero-order chi connectivity index (χ0) is 22.8. The van der Waals surface area contributed by atoms with Crippen molar-refractivity contribution in [2.24, 2.45) is 10.7 Å². The number of benzene rings is 2. The summed E-state index contributed by atoms with van der Waals surface area (Å²) in [6.45, 7) is 1.92. The smallest absolute Gasteiger partial charge is 0.339 e. The van der Waals surface area contributed by atoms with E-state index in [1.807, 2.05) is 0 Å². The first-order chi connectivity index (χ1) is 14.6. The number of aliphatic imine (C=N–C) groups is 1. The lowest BCUT2D eigenvalue weighted by atomic mass is 10.2. The van der Waals surface area contributed by atoms with Crippen molar-refractivity contribution < 1.29 is 27.1 Å². The number of carbonyl (C=O) groups excluding carboxylic acids is 1. The van der Waals surface area contributed by atoms with Crippen LogP contribution in [0.4, 0.5) is 5.69 Å².